The molecule has 0 saturated carbocycles. The highest BCUT2D eigenvalue weighted by Gasteiger charge is 2.19. The van der Waals surface area contributed by atoms with Crippen molar-refractivity contribution in [2.75, 3.05) is 30.8 Å². The maximum atomic E-state index is 12.0. The van der Waals surface area contributed by atoms with E-state index in [1.54, 1.807) is 25.3 Å². The van der Waals surface area contributed by atoms with E-state index in [0.29, 0.717) is 22.8 Å². The molecule has 0 unspecified atom stereocenters. The van der Waals surface area contributed by atoms with Gasteiger partial charge in [-0.25, -0.2) is 9.98 Å². The smallest absolute Gasteiger partial charge is 0.205 e. The quantitative estimate of drug-likeness (QED) is 0.894. The second-order valence-electron chi connectivity index (χ2n) is 5.86. The average molecular weight is 350 g/mol. The van der Waals surface area contributed by atoms with Crippen LogP contribution in [0.1, 0.15) is 29.9 Å². The van der Waals surface area contributed by atoms with Crippen LogP contribution in [0, 0.1) is 0 Å². The molecule has 0 amide bonds. The Morgan fingerprint density at radius 3 is 2.62 bits per heavy atom. The molecule has 26 heavy (non-hydrogen) atoms. The molecule has 134 valence electrons. The van der Waals surface area contributed by atoms with Crippen LogP contribution in [0.25, 0.3) is 0 Å². The van der Waals surface area contributed by atoms with Crippen LogP contribution in [-0.2, 0) is 0 Å². The molecule has 2 aromatic rings. The average Bonchev–Trinajstić information content (AvgIpc) is 2.66. The number of aromatic nitrogens is 1. The Morgan fingerprint density at radius 1 is 1.15 bits per heavy atom. The highest BCUT2D eigenvalue weighted by Crippen LogP contribution is 2.33. The molecule has 0 aliphatic heterocycles. The zero-order valence-corrected chi connectivity index (χ0v) is 15.2. The fraction of sp³-hybridized carbons (Fsp3) is 0.250. The number of rotatable bonds is 5. The summed E-state index contributed by atoms with van der Waals surface area (Å²) in [7, 11) is 1.65. The van der Waals surface area contributed by atoms with Crippen molar-refractivity contribution < 1.29 is 9.53 Å². The summed E-state index contributed by atoms with van der Waals surface area (Å²) in [6, 6.07) is 9.29. The summed E-state index contributed by atoms with van der Waals surface area (Å²) in [5.74, 6) is 0.916. The third-order valence-corrected chi connectivity index (χ3v) is 4.34. The lowest BCUT2D eigenvalue weighted by atomic mass is 9.99. The number of benzene rings is 1. The minimum absolute atomic E-state index is 0.166. The van der Waals surface area contributed by atoms with Crippen molar-refractivity contribution in [2.45, 2.75) is 13.8 Å². The SMILES string of the molecule is CCN(CC)c1ccc(N=C2C=CC(=O)c3nc(N)ccc32)cc1OC. The number of pyridine rings is 1. The number of ketones is 1. The van der Waals surface area contributed by atoms with Crippen LogP contribution in [-0.4, -0.2) is 36.7 Å². The number of nitrogens with two attached hydrogens (primary N) is 1. The molecule has 0 fully saturated rings. The zero-order valence-electron chi connectivity index (χ0n) is 15.2. The lowest BCUT2D eigenvalue weighted by Gasteiger charge is -2.23. The molecule has 0 saturated heterocycles. The highest BCUT2D eigenvalue weighted by molar-refractivity contribution is 6.23. The first-order valence-corrected chi connectivity index (χ1v) is 8.58. The van der Waals surface area contributed by atoms with Crippen molar-refractivity contribution in [3.63, 3.8) is 0 Å². The van der Waals surface area contributed by atoms with Gasteiger partial charge in [0.25, 0.3) is 0 Å². The number of carbonyl (C=O) groups excluding carboxylic acids is 1. The molecule has 6 nitrogen and oxygen atoms in total. The maximum Gasteiger partial charge on any atom is 0.205 e. The third kappa shape index (κ3) is 3.31. The van der Waals surface area contributed by atoms with E-state index >= 15 is 0 Å². The number of nitrogens with zero attached hydrogens (tertiary/aromatic N) is 3. The Hall–Kier alpha value is -3.15. The van der Waals surface area contributed by atoms with Gasteiger partial charge in [-0.2, -0.15) is 0 Å². The Labute approximate surface area is 153 Å². The fourth-order valence-corrected chi connectivity index (χ4v) is 2.99. The Kier molecular flexibility index (Phi) is 5.02. The van der Waals surface area contributed by atoms with Crippen molar-refractivity contribution in [1.82, 2.24) is 4.98 Å². The molecule has 1 aliphatic carbocycles. The van der Waals surface area contributed by atoms with E-state index in [1.165, 1.54) is 6.08 Å². The first kappa shape index (κ1) is 17.7. The molecule has 1 heterocycles. The number of allylic oxidation sites excluding steroid dienone is 2. The van der Waals surface area contributed by atoms with Gasteiger partial charge in [-0.1, -0.05) is 0 Å². The first-order valence-electron chi connectivity index (χ1n) is 8.58. The van der Waals surface area contributed by atoms with E-state index in [0.717, 1.165) is 30.2 Å². The van der Waals surface area contributed by atoms with Gasteiger partial charge in [0.2, 0.25) is 5.78 Å². The normalized spacial score (nSPS) is 14.4. The van der Waals surface area contributed by atoms with Crippen molar-refractivity contribution in [3.8, 4) is 5.75 Å². The van der Waals surface area contributed by atoms with Gasteiger partial charge in [0.05, 0.1) is 24.2 Å². The standard InChI is InChI=1S/C20H22N4O2/c1-4-24(5-2)16-9-6-13(12-18(16)26-3)22-15-8-10-17(25)20-14(15)7-11-19(21)23-20/h6-12H,4-5H2,1-3H3,(H2,21,23). The maximum absolute atomic E-state index is 12.0. The van der Waals surface area contributed by atoms with E-state index in [1.807, 2.05) is 18.2 Å². The van der Waals surface area contributed by atoms with Crippen LogP contribution < -0.4 is 15.4 Å². The molecule has 0 atom stereocenters. The van der Waals surface area contributed by atoms with Crippen LogP contribution in [0.2, 0.25) is 0 Å². The van der Waals surface area contributed by atoms with Gasteiger partial charge in [0.1, 0.15) is 17.3 Å². The van der Waals surface area contributed by atoms with Gasteiger partial charge >= 0.3 is 0 Å². The number of fused-ring (bicyclic) bond motifs is 1. The molecule has 0 radical (unpaired) electrons. The van der Waals surface area contributed by atoms with Gasteiger partial charge in [-0.3, -0.25) is 4.79 Å². The van der Waals surface area contributed by atoms with Crippen LogP contribution in [0.15, 0.2) is 47.5 Å². The van der Waals surface area contributed by atoms with Crippen molar-refractivity contribution in [1.29, 1.82) is 0 Å². The molecule has 1 aromatic heterocycles. The Morgan fingerprint density at radius 2 is 1.92 bits per heavy atom. The molecule has 0 bridgehead atoms. The second kappa shape index (κ2) is 7.39. The van der Waals surface area contributed by atoms with Crippen molar-refractivity contribution in [3.05, 3.63) is 53.7 Å². The largest absolute Gasteiger partial charge is 0.495 e. The van der Waals surface area contributed by atoms with E-state index in [2.05, 4.69) is 28.7 Å². The highest BCUT2D eigenvalue weighted by atomic mass is 16.5. The number of ether oxygens (including phenoxy) is 1. The van der Waals surface area contributed by atoms with E-state index in [4.69, 9.17) is 10.5 Å². The summed E-state index contributed by atoms with van der Waals surface area (Å²) in [5.41, 5.74) is 9.16. The number of carbonyl (C=O) groups is 1. The molecule has 1 aromatic carbocycles. The van der Waals surface area contributed by atoms with Gasteiger partial charge < -0.3 is 15.4 Å². The number of aliphatic imine (C=N–C) groups is 1. The number of nitrogen functional groups attached to an aromatic ring is 1. The summed E-state index contributed by atoms with van der Waals surface area (Å²) in [5, 5.41) is 0. The molecule has 0 spiro atoms. The van der Waals surface area contributed by atoms with E-state index in [-0.39, 0.29) is 5.78 Å². The Balaban J connectivity index is 2.03. The minimum atomic E-state index is -0.166. The number of anilines is 2. The van der Waals surface area contributed by atoms with Gasteiger partial charge in [0, 0.05) is 24.7 Å². The zero-order chi connectivity index (χ0) is 18.7. The molecular formula is C20H22N4O2. The lowest BCUT2D eigenvalue weighted by Crippen LogP contribution is -2.22. The molecular weight excluding hydrogens is 328 g/mol. The van der Waals surface area contributed by atoms with Gasteiger partial charge in [-0.15, -0.1) is 0 Å². The molecule has 6 heteroatoms. The summed E-state index contributed by atoms with van der Waals surface area (Å²) in [6.07, 6.45) is 3.17. The fourth-order valence-electron chi connectivity index (χ4n) is 2.99. The van der Waals surface area contributed by atoms with E-state index < -0.39 is 0 Å². The topological polar surface area (TPSA) is 80.8 Å². The van der Waals surface area contributed by atoms with Crippen LogP contribution in [0.3, 0.4) is 0 Å². The van der Waals surface area contributed by atoms with Crippen molar-refractivity contribution >= 4 is 28.7 Å². The second-order valence-corrected chi connectivity index (χ2v) is 5.86. The lowest BCUT2D eigenvalue weighted by molar-refractivity contribution is 0.104. The predicted molar refractivity (Wildman–Crippen MR) is 105 cm³/mol. The van der Waals surface area contributed by atoms with E-state index in [9.17, 15) is 4.79 Å². The summed E-state index contributed by atoms with van der Waals surface area (Å²) in [6.45, 7) is 6.01. The molecule has 1 aliphatic rings. The monoisotopic (exact) mass is 350 g/mol. The third-order valence-electron chi connectivity index (χ3n) is 4.34. The van der Waals surface area contributed by atoms with Crippen LogP contribution in [0.5, 0.6) is 5.75 Å². The van der Waals surface area contributed by atoms with Gasteiger partial charge in [0.15, 0.2) is 0 Å². The summed E-state index contributed by atoms with van der Waals surface area (Å²) in [4.78, 5) is 23.1. The predicted octanol–water partition coefficient (Wildman–Crippen LogP) is 3.39. The first-order chi connectivity index (χ1) is 12.6. The summed E-state index contributed by atoms with van der Waals surface area (Å²) >= 11 is 0. The Bertz CT molecular complexity index is 899. The van der Waals surface area contributed by atoms with Crippen LogP contribution in [0.4, 0.5) is 17.2 Å². The molecule has 3 rings (SSSR count). The minimum Gasteiger partial charge on any atom is -0.495 e. The van der Waals surface area contributed by atoms with Crippen LogP contribution >= 0.6 is 0 Å². The number of hydrogen-bond acceptors (Lipinski definition) is 6. The number of hydrogen-bond donors (Lipinski definition) is 1. The van der Waals surface area contributed by atoms with Gasteiger partial charge in [-0.05, 0) is 50.3 Å². The summed E-state index contributed by atoms with van der Waals surface area (Å²) < 4.78 is 5.55. The molecule has 2 N–H and O–H groups in total. The van der Waals surface area contributed by atoms with Crippen molar-refractivity contribution in [2.24, 2.45) is 4.99 Å². The number of methoxy groups -OCH3 is 1.